The minimum atomic E-state index is -0.355. The van der Waals surface area contributed by atoms with E-state index in [9.17, 15) is 9.59 Å². The Labute approximate surface area is 161 Å². The number of aryl methyl sites for hydroxylation is 1. The molecule has 9 nitrogen and oxygen atoms in total. The fraction of sp³-hybridized carbons (Fsp3) is 0.316. The molecule has 1 aliphatic heterocycles. The van der Waals surface area contributed by atoms with Crippen LogP contribution in [0.3, 0.4) is 0 Å². The molecule has 0 radical (unpaired) electrons. The molecule has 2 amide bonds. The number of hydrogen-bond acceptors (Lipinski definition) is 6. The summed E-state index contributed by atoms with van der Waals surface area (Å²) in [6.45, 7) is 1.74. The largest absolute Gasteiger partial charge is 0.350 e. The van der Waals surface area contributed by atoms with Crippen LogP contribution in [0.5, 0.6) is 0 Å². The van der Waals surface area contributed by atoms with Crippen molar-refractivity contribution >= 4 is 11.8 Å². The normalized spacial score (nSPS) is 13.2. The van der Waals surface area contributed by atoms with Crippen molar-refractivity contribution in [3.05, 3.63) is 53.7 Å². The van der Waals surface area contributed by atoms with Crippen LogP contribution >= 0.6 is 0 Å². The average molecular weight is 380 g/mol. The van der Waals surface area contributed by atoms with E-state index in [1.807, 2.05) is 30.3 Å². The molecule has 9 heteroatoms. The Morgan fingerprint density at radius 2 is 2.00 bits per heavy atom. The molecule has 4 rings (SSSR count). The van der Waals surface area contributed by atoms with Crippen molar-refractivity contribution in [2.24, 2.45) is 7.05 Å². The highest BCUT2D eigenvalue weighted by molar-refractivity contribution is 6.06. The molecule has 1 N–H and O–H groups in total. The molecule has 0 aliphatic carbocycles. The van der Waals surface area contributed by atoms with Gasteiger partial charge in [-0.25, -0.2) is 0 Å². The lowest BCUT2D eigenvalue weighted by molar-refractivity contribution is 0.0647. The zero-order valence-corrected chi connectivity index (χ0v) is 15.5. The van der Waals surface area contributed by atoms with Crippen LogP contribution in [0.2, 0.25) is 0 Å². The molecular weight excluding hydrogens is 360 g/mol. The number of carbonyl (C=O) groups excluding carboxylic acids is 2. The summed E-state index contributed by atoms with van der Waals surface area (Å²) in [6.07, 6.45) is 2.82. The van der Waals surface area contributed by atoms with E-state index in [1.54, 1.807) is 11.9 Å². The lowest BCUT2D eigenvalue weighted by Gasteiger charge is -2.30. The zero-order valence-electron chi connectivity index (χ0n) is 15.5. The first-order valence-electron chi connectivity index (χ1n) is 9.11. The van der Waals surface area contributed by atoms with Gasteiger partial charge in [-0.1, -0.05) is 35.5 Å². The number of amides is 2. The van der Waals surface area contributed by atoms with Gasteiger partial charge in [0.1, 0.15) is 5.69 Å². The molecule has 0 saturated carbocycles. The predicted molar refractivity (Wildman–Crippen MR) is 99.5 cm³/mol. The molecule has 0 spiro atoms. The van der Waals surface area contributed by atoms with E-state index in [-0.39, 0.29) is 17.5 Å². The van der Waals surface area contributed by atoms with Crippen LogP contribution in [0.15, 0.2) is 41.1 Å². The molecule has 3 aromatic rings. The molecule has 28 heavy (non-hydrogen) atoms. The smallest absolute Gasteiger partial charge is 0.270 e. The summed E-state index contributed by atoms with van der Waals surface area (Å²) in [6, 6.07) is 9.52. The third kappa shape index (κ3) is 3.51. The number of benzene rings is 1. The number of nitrogens with zero attached hydrogens (tertiary/aromatic N) is 5. The van der Waals surface area contributed by atoms with Crippen LogP contribution in [0.25, 0.3) is 11.4 Å². The number of aromatic nitrogens is 4. The molecule has 0 atom stereocenters. The summed E-state index contributed by atoms with van der Waals surface area (Å²) >= 11 is 0. The molecule has 1 saturated heterocycles. The van der Waals surface area contributed by atoms with Gasteiger partial charge >= 0.3 is 0 Å². The van der Waals surface area contributed by atoms with Gasteiger partial charge in [-0.3, -0.25) is 14.3 Å². The SMILES string of the molecule is Cn1ncc(C(=O)N2CCC2)c1C(=O)NCCc1nc(-c2ccccc2)no1. The van der Waals surface area contributed by atoms with Crippen molar-refractivity contribution in [3.8, 4) is 11.4 Å². The Bertz CT molecular complexity index is 990. The van der Waals surface area contributed by atoms with E-state index in [0.717, 1.165) is 25.1 Å². The first-order valence-corrected chi connectivity index (χ1v) is 9.11. The zero-order chi connectivity index (χ0) is 19.5. The quantitative estimate of drug-likeness (QED) is 0.691. The van der Waals surface area contributed by atoms with Gasteiger partial charge in [0.05, 0.1) is 11.8 Å². The van der Waals surface area contributed by atoms with Crippen LogP contribution in [-0.2, 0) is 13.5 Å². The van der Waals surface area contributed by atoms with Gasteiger partial charge < -0.3 is 14.7 Å². The average Bonchev–Trinajstić information content (AvgIpc) is 3.28. The van der Waals surface area contributed by atoms with Gasteiger partial charge in [-0.15, -0.1) is 0 Å². The molecule has 1 fully saturated rings. The van der Waals surface area contributed by atoms with E-state index >= 15 is 0 Å². The van der Waals surface area contributed by atoms with E-state index in [2.05, 4.69) is 20.6 Å². The number of hydrogen-bond donors (Lipinski definition) is 1. The highest BCUT2D eigenvalue weighted by Crippen LogP contribution is 2.16. The summed E-state index contributed by atoms with van der Waals surface area (Å²) in [5.74, 6) is 0.428. The first kappa shape index (κ1) is 17.9. The third-order valence-corrected chi connectivity index (χ3v) is 4.65. The minimum Gasteiger partial charge on any atom is -0.350 e. The second-order valence-corrected chi connectivity index (χ2v) is 6.56. The van der Waals surface area contributed by atoms with E-state index < -0.39 is 0 Å². The van der Waals surface area contributed by atoms with Gasteiger partial charge in [0.2, 0.25) is 11.7 Å². The molecule has 3 heterocycles. The molecular formula is C19H20N6O3. The van der Waals surface area contributed by atoms with Gasteiger partial charge in [-0.2, -0.15) is 10.1 Å². The molecule has 2 aromatic heterocycles. The summed E-state index contributed by atoms with van der Waals surface area (Å²) in [7, 11) is 1.64. The van der Waals surface area contributed by atoms with Crippen molar-refractivity contribution in [1.29, 1.82) is 0 Å². The van der Waals surface area contributed by atoms with Crippen LogP contribution in [0, 0.1) is 0 Å². The molecule has 1 aliphatic rings. The second-order valence-electron chi connectivity index (χ2n) is 6.56. The Morgan fingerprint density at radius 1 is 1.21 bits per heavy atom. The maximum Gasteiger partial charge on any atom is 0.270 e. The van der Waals surface area contributed by atoms with Crippen LogP contribution in [0.1, 0.15) is 33.2 Å². The summed E-state index contributed by atoms with van der Waals surface area (Å²) in [5, 5.41) is 10.8. The maximum atomic E-state index is 12.6. The Balaban J connectivity index is 1.37. The van der Waals surface area contributed by atoms with Crippen molar-refractivity contribution in [2.75, 3.05) is 19.6 Å². The van der Waals surface area contributed by atoms with E-state index in [1.165, 1.54) is 10.9 Å². The number of carbonyl (C=O) groups is 2. The summed E-state index contributed by atoms with van der Waals surface area (Å²) < 4.78 is 6.66. The number of rotatable bonds is 6. The minimum absolute atomic E-state index is 0.158. The standard InChI is InChI=1S/C19H20N6O3/c1-24-16(14(12-21-24)19(27)25-10-5-11-25)18(26)20-9-8-15-22-17(23-28-15)13-6-3-2-4-7-13/h2-4,6-7,12H,5,8-11H2,1H3,(H,20,26). The molecule has 144 valence electrons. The van der Waals surface area contributed by atoms with Crippen molar-refractivity contribution in [3.63, 3.8) is 0 Å². The van der Waals surface area contributed by atoms with Crippen LogP contribution < -0.4 is 5.32 Å². The molecule has 0 bridgehead atoms. The topological polar surface area (TPSA) is 106 Å². The fourth-order valence-electron chi connectivity index (χ4n) is 2.98. The van der Waals surface area contributed by atoms with Gasteiger partial charge in [-0.05, 0) is 6.42 Å². The highest BCUT2D eigenvalue weighted by atomic mass is 16.5. The summed E-state index contributed by atoms with van der Waals surface area (Å²) in [5.41, 5.74) is 1.45. The third-order valence-electron chi connectivity index (χ3n) is 4.65. The van der Waals surface area contributed by atoms with Crippen LogP contribution in [-0.4, -0.2) is 56.3 Å². The fourth-order valence-corrected chi connectivity index (χ4v) is 2.98. The van der Waals surface area contributed by atoms with Gasteiger partial charge in [0.15, 0.2) is 0 Å². The Hall–Kier alpha value is -3.49. The monoisotopic (exact) mass is 380 g/mol. The number of nitrogens with one attached hydrogen (secondary N) is 1. The molecule has 1 aromatic carbocycles. The van der Waals surface area contributed by atoms with Crippen molar-refractivity contribution in [2.45, 2.75) is 12.8 Å². The second kappa shape index (κ2) is 7.63. The van der Waals surface area contributed by atoms with Crippen molar-refractivity contribution in [1.82, 2.24) is 30.1 Å². The van der Waals surface area contributed by atoms with Crippen LogP contribution in [0.4, 0.5) is 0 Å². The lowest BCUT2D eigenvalue weighted by Crippen LogP contribution is -2.43. The van der Waals surface area contributed by atoms with E-state index in [4.69, 9.17) is 4.52 Å². The summed E-state index contributed by atoms with van der Waals surface area (Å²) in [4.78, 5) is 31.1. The maximum absolute atomic E-state index is 12.6. The van der Waals surface area contributed by atoms with Gasteiger partial charge in [0.25, 0.3) is 11.8 Å². The first-order chi connectivity index (χ1) is 13.6. The Morgan fingerprint density at radius 3 is 2.71 bits per heavy atom. The Kier molecular flexibility index (Phi) is 4.88. The van der Waals surface area contributed by atoms with Crippen molar-refractivity contribution < 1.29 is 14.1 Å². The predicted octanol–water partition coefficient (Wildman–Crippen LogP) is 1.29. The molecule has 0 unspecified atom stereocenters. The van der Waals surface area contributed by atoms with E-state index in [0.29, 0.717) is 30.2 Å². The number of likely N-dealkylation sites (tertiary alicyclic amines) is 1. The lowest BCUT2D eigenvalue weighted by atomic mass is 10.1. The highest BCUT2D eigenvalue weighted by Gasteiger charge is 2.28. The van der Waals surface area contributed by atoms with Gasteiger partial charge in [0, 0.05) is 38.7 Å².